The monoisotopic (exact) mass is 154 g/mol. The molecule has 6 nitrogen and oxygen atoms in total. The Kier molecular flexibility index (Phi) is 3.18. The fourth-order valence-corrected chi connectivity index (χ4v) is 0.343. The summed E-state index contributed by atoms with van der Waals surface area (Å²) in [4.78, 5) is 20.7. The van der Waals surface area contributed by atoms with E-state index in [4.69, 9.17) is 11.0 Å². The molecule has 0 atom stereocenters. The summed E-state index contributed by atoms with van der Waals surface area (Å²) in [6.07, 6.45) is 0.790. The molecule has 0 aromatic heterocycles. The van der Waals surface area contributed by atoms with Crippen LogP contribution in [0.3, 0.4) is 0 Å². The maximum Gasteiger partial charge on any atom is 0.319 e. The van der Waals surface area contributed by atoms with Crippen molar-refractivity contribution in [3.8, 4) is 6.07 Å². The van der Waals surface area contributed by atoms with Crippen LogP contribution in [0.4, 0.5) is 4.79 Å². The van der Waals surface area contributed by atoms with E-state index in [1.54, 1.807) is 5.32 Å². The van der Waals surface area contributed by atoms with E-state index in [1.807, 2.05) is 0 Å². The normalized spacial score (nSPS) is 9.91. The fraction of sp³-hybridized carbons (Fsp3) is 0. The van der Waals surface area contributed by atoms with Gasteiger partial charge in [0.2, 0.25) is 0 Å². The first-order valence-electron chi connectivity index (χ1n) is 2.54. The molecule has 0 saturated carbocycles. The summed E-state index contributed by atoms with van der Waals surface area (Å²) in [5, 5.41) is 9.87. The van der Waals surface area contributed by atoms with Gasteiger partial charge in [0.1, 0.15) is 11.6 Å². The minimum Gasteiger partial charge on any atom is -0.403 e. The lowest BCUT2D eigenvalue weighted by Crippen LogP contribution is -2.35. The number of nitrogens with zero attached hydrogens (tertiary/aromatic N) is 1. The van der Waals surface area contributed by atoms with Crippen molar-refractivity contribution in [3.63, 3.8) is 0 Å². The summed E-state index contributed by atoms with van der Waals surface area (Å²) < 4.78 is 0. The van der Waals surface area contributed by atoms with Gasteiger partial charge < -0.3 is 11.5 Å². The van der Waals surface area contributed by atoms with E-state index < -0.39 is 11.9 Å². The average Bonchev–Trinajstić information content (AvgIpc) is 1.88. The third-order valence-corrected chi connectivity index (χ3v) is 0.768. The van der Waals surface area contributed by atoms with Crippen LogP contribution in [0.5, 0.6) is 0 Å². The Morgan fingerprint density at radius 2 is 2.09 bits per heavy atom. The number of carbonyl (C=O) groups excluding carboxylic acids is 2. The molecule has 0 aromatic rings. The molecule has 0 aliphatic carbocycles. The molecular weight excluding hydrogens is 148 g/mol. The fourth-order valence-electron chi connectivity index (χ4n) is 0.343. The van der Waals surface area contributed by atoms with Crippen LogP contribution in [-0.4, -0.2) is 11.9 Å². The molecule has 0 fully saturated rings. The Morgan fingerprint density at radius 3 is 2.36 bits per heavy atom. The van der Waals surface area contributed by atoms with Gasteiger partial charge >= 0.3 is 6.03 Å². The van der Waals surface area contributed by atoms with Crippen LogP contribution in [0.1, 0.15) is 0 Å². The Labute approximate surface area is 62.5 Å². The summed E-state index contributed by atoms with van der Waals surface area (Å²) in [5.41, 5.74) is 9.10. The smallest absolute Gasteiger partial charge is 0.319 e. The topological polar surface area (TPSA) is 122 Å². The van der Waals surface area contributed by atoms with E-state index in [1.165, 1.54) is 6.07 Å². The van der Waals surface area contributed by atoms with Gasteiger partial charge in [0.05, 0.1) is 0 Å². The molecule has 0 spiro atoms. The number of hydrogen-bond acceptors (Lipinski definition) is 4. The zero-order valence-electron chi connectivity index (χ0n) is 5.50. The lowest BCUT2D eigenvalue weighted by atomic mass is 10.3. The quantitative estimate of drug-likeness (QED) is 0.315. The third-order valence-electron chi connectivity index (χ3n) is 0.768. The van der Waals surface area contributed by atoms with Crippen molar-refractivity contribution in [3.05, 3.63) is 11.8 Å². The lowest BCUT2D eigenvalue weighted by Gasteiger charge is -1.95. The number of nitriles is 1. The first kappa shape index (κ1) is 8.97. The molecule has 0 heterocycles. The van der Waals surface area contributed by atoms with Crippen molar-refractivity contribution in [2.24, 2.45) is 11.5 Å². The summed E-state index contributed by atoms with van der Waals surface area (Å²) in [7, 11) is 0. The first-order chi connectivity index (χ1) is 5.11. The highest BCUT2D eigenvalue weighted by Crippen LogP contribution is 1.86. The number of carbonyl (C=O) groups is 2. The van der Waals surface area contributed by atoms with Gasteiger partial charge in [0, 0.05) is 6.20 Å². The number of amides is 3. The molecule has 0 radical (unpaired) electrons. The van der Waals surface area contributed by atoms with Crippen molar-refractivity contribution in [2.75, 3.05) is 0 Å². The highest BCUT2D eigenvalue weighted by molar-refractivity contribution is 6.05. The summed E-state index contributed by atoms with van der Waals surface area (Å²) in [6.45, 7) is 0. The van der Waals surface area contributed by atoms with Crippen LogP contribution in [0.15, 0.2) is 11.8 Å². The number of hydrogen-bond donors (Lipinski definition) is 3. The highest BCUT2D eigenvalue weighted by Gasteiger charge is 2.08. The Bertz CT molecular complexity index is 250. The molecule has 11 heavy (non-hydrogen) atoms. The zero-order chi connectivity index (χ0) is 8.85. The highest BCUT2D eigenvalue weighted by atomic mass is 16.2. The van der Waals surface area contributed by atoms with Gasteiger partial charge in [-0.2, -0.15) is 5.26 Å². The van der Waals surface area contributed by atoms with E-state index in [-0.39, 0.29) is 5.57 Å². The van der Waals surface area contributed by atoms with Crippen molar-refractivity contribution in [2.45, 2.75) is 0 Å². The van der Waals surface area contributed by atoms with Crippen LogP contribution >= 0.6 is 0 Å². The lowest BCUT2D eigenvalue weighted by molar-refractivity contribution is -0.116. The Morgan fingerprint density at radius 1 is 1.55 bits per heavy atom. The van der Waals surface area contributed by atoms with E-state index >= 15 is 0 Å². The predicted octanol–water partition coefficient (Wildman–Crippen LogP) is -1.45. The van der Waals surface area contributed by atoms with Crippen LogP contribution in [0.2, 0.25) is 0 Å². The van der Waals surface area contributed by atoms with Gasteiger partial charge in [-0.3, -0.25) is 10.1 Å². The van der Waals surface area contributed by atoms with Crippen molar-refractivity contribution in [1.82, 2.24) is 5.32 Å². The number of urea groups is 1. The predicted molar refractivity (Wildman–Crippen MR) is 35.6 cm³/mol. The molecule has 58 valence electrons. The van der Waals surface area contributed by atoms with E-state index in [2.05, 4.69) is 5.73 Å². The zero-order valence-corrected chi connectivity index (χ0v) is 5.50. The second-order valence-corrected chi connectivity index (χ2v) is 1.51. The maximum absolute atomic E-state index is 10.6. The van der Waals surface area contributed by atoms with Gasteiger partial charge in [-0.05, 0) is 0 Å². The molecule has 6 heteroatoms. The minimum absolute atomic E-state index is 0.358. The number of nitrogens with one attached hydrogen (secondary N) is 1. The van der Waals surface area contributed by atoms with Gasteiger partial charge in [0.25, 0.3) is 5.91 Å². The molecule has 0 saturated heterocycles. The second-order valence-electron chi connectivity index (χ2n) is 1.51. The molecule has 3 amide bonds. The number of rotatable bonds is 1. The molecule has 0 aliphatic rings. The molecule has 0 unspecified atom stereocenters. The third kappa shape index (κ3) is 2.86. The van der Waals surface area contributed by atoms with Crippen molar-refractivity contribution < 1.29 is 9.59 Å². The molecule has 0 rings (SSSR count). The molecule has 0 aliphatic heterocycles. The summed E-state index contributed by atoms with van der Waals surface area (Å²) >= 11 is 0. The van der Waals surface area contributed by atoms with E-state index in [0.717, 1.165) is 6.20 Å². The summed E-state index contributed by atoms with van der Waals surface area (Å²) in [6, 6.07) is 0.450. The molecule has 0 aromatic carbocycles. The number of primary amides is 1. The molecular formula is C5H6N4O2. The number of imide groups is 1. The van der Waals surface area contributed by atoms with Gasteiger partial charge in [-0.15, -0.1) is 0 Å². The molecule has 5 N–H and O–H groups in total. The van der Waals surface area contributed by atoms with Crippen LogP contribution in [0, 0.1) is 11.3 Å². The van der Waals surface area contributed by atoms with Crippen LogP contribution in [0.25, 0.3) is 0 Å². The Balaban J connectivity index is 4.28. The van der Waals surface area contributed by atoms with Crippen molar-refractivity contribution in [1.29, 1.82) is 5.26 Å². The van der Waals surface area contributed by atoms with Crippen LogP contribution < -0.4 is 16.8 Å². The number of nitrogens with two attached hydrogens (primary N) is 2. The summed E-state index contributed by atoms with van der Waals surface area (Å²) in [5.74, 6) is -0.900. The minimum atomic E-state index is -1.02. The average molecular weight is 154 g/mol. The molecule has 0 bridgehead atoms. The van der Waals surface area contributed by atoms with Gasteiger partial charge in [-0.25, -0.2) is 4.79 Å². The van der Waals surface area contributed by atoms with E-state index in [9.17, 15) is 9.59 Å². The van der Waals surface area contributed by atoms with Crippen LogP contribution in [-0.2, 0) is 4.79 Å². The Hall–Kier alpha value is -2.03. The van der Waals surface area contributed by atoms with Gasteiger partial charge in [0.15, 0.2) is 0 Å². The maximum atomic E-state index is 10.6. The second kappa shape index (κ2) is 3.90. The SMILES string of the molecule is N#C/C(=C\N)C(=O)NC(N)=O. The largest absolute Gasteiger partial charge is 0.403 e. The van der Waals surface area contributed by atoms with Crippen molar-refractivity contribution >= 4 is 11.9 Å². The van der Waals surface area contributed by atoms with E-state index in [0.29, 0.717) is 0 Å². The standard InChI is InChI=1S/C5H6N4O2/c6-1-3(2-7)4(10)9-5(8)11/h1H,6H2,(H3,8,9,10,11)/b3-1+. The van der Waals surface area contributed by atoms with Gasteiger partial charge in [-0.1, -0.05) is 0 Å². The first-order valence-corrected chi connectivity index (χ1v) is 2.54.